The number of hydrogen-bond acceptors (Lipinski definition) is 3. The molecule has 2 aromatic rings. The van der Waals surface area contributed by atoms with Gasteiger partial charge in [-0.25, -0.2) is 4.79 Å². The highest BCUT2D eigenvalue weighted by molar-refractivity contribution is 5.74. The summed E-state index contributed by atoms with van der Waals surface area (Å²) >= 11 is 0. The number of benzene rings is 2. The Kier molecular flexibility index (Phi) is 15.8. The van der Waals surface area contributed by atoms with Gasteiger partial charge in [0.25, 0.3) is 0 Å². The Bertz CT molecular complexity index is 880. The zero-order valence-corrected chi connectivity index (χ0v) is 24.8. The van der Waals surface area contributed by atoms with Gasteiger partial charge >= 0.3 is 5.97 Å². The summed E-state index contributed by atoms with van der Waals surface area (Å²) in [6.45, 7) is 6.08. The van der Waals surface area contributed by atoms with Gasteiger partial charge < -0.3 is 14.0 Å². The predicted molar refractivity (Wildman–Crippen MR) is 159 cm³/mol. The lowest BCUT2D eigenvalue weighted by molar-refractivity contribution is -0.919. The first-order valence-electron chi connectivity index (χ1n) is 15.2. The molecule has 212 valence electrons. The van der Waals surface area contributed by atoms with Crippen molar-refractivity contribution in [3.8, 4) is 5.75 Å². The standard InChI is InChI=1S/C34H54NO3/c1-5-7-8-9-10-11-12-13-14-18-24-31-25-19-20-26-33(31)37-27-21-28-38-34(36)32(6-2)35(3,4)29-30-22-16-15-17-23-30/h15-17,19-20,22-23,25-26,32H,5-14,18,21,24,27-29H2,1-4H3/q+1. The molecule has 0 aliphatic heterocycles. The first kappa shape index (κ1) is 31.9. The smallest absolute Gasteiger partial charge is 0.364 e. The highest BCUT2D eigenvalue weighted by Gasteiger charge is 2.34. The molecule has 0 bridgehead atoms. The molecule has 0 amide bonds. The first-order valence-corrected chi connectivity index (χ1v) is 15.2. The van der Waals surface area contributed by atoms with Crippen LogP contribution in [0.25, 0.3) is 0 Å². The third kappa shape index (κ3) is 12.5. The summed E-state index contributed by atoms with van der Waals surface area (Å²) in [6, 6.07) is 18.5. The Hall–Kier alpha value is -2.33. The quantitative estimate of drug-likeness (QED) is 0.0932. The van der Waals surface area contributed by atoms with Crippen LogP contribution in [-0.2, 0) is 22.5 Å². The monoisotopic (exact) mass is 524 g/mol. The minimum absolute atomic E-state index is 0.116. The molecule has 2 rings (SSSR count). The van der Waals surface area contributed by atoms with Gasteiger partial charge in [0.15, 0.2) is 6.04 Å². The Morgan fingerprint density at radius 1 is 0.737 bits per heavy atom. The van der Waals surface area contributed by atoms with Crippen LogP contribution in [0.15, 0.2) is 54.6 Å². The number of esters is 1. The first-order chi connectivity index (χ1) is 18.5. The average molecular weight is 525 g/mol. The van der Waals surface area contributed by atoms with Gasteiger partial charge in [-0.2, -0.15) is 0 Å². The predicted octanol–water partition coefficient (Wildman–Crippen LogP) is 8.52. The highest BCUT2D eigenvalue weighted by atomic mass is 16.5. The average Bonchev–Trinajstić information content (AvgIpc) is 2.90. The van der Waals surface area contributed by atoms with Gasteiger partial charge in [0.1, 0.15) is 12.3 Å². The summed E-state index contributed by atoms with van der Waals surface area (Å²) in [4.78, 5) is 12.9. The van der Waals surface area contributed by atoms with Gasteiger partial charge in [0.2, 0.25) is 0 Å². The van der Waals surface area contributed by atoms with Crippen molar-refractivity contribution in [2.24, 2.45) is 0 Å². The Labute approximate surface area is 233 Å². The number of ether oxygens (including phenoxy) is 2. The molecule has 0 aromatic heterocycles. The second kappa shape index (κ2) is 18.8. The second-order valence-electron chi connectivity index (χ2n) is 11.3. The van der Waals surface area contributed by atoms with Crippen molar-refractivity contribution in [1.82, 2.24) is 0 Å². The molecule has 4 nitrogen and oxygen atoms in total. The molecule has 1 unspecified atom stereocenters. The number of carbonyl (C=O) groups is 1. The molecular weight excluding hydrogens is 470 g/mol. The molecular formula is C34H54NO3+. The second-order valence-corrected chi connectivity index (χ2v) is 11.3. The maximum atomic E-state index is 12.9. The van der Waals surface area contributed by atoms with Crippen molar-refractivity contribution in [2.45, 2.75) is 110 Å². The van der Waals surface area contributed by atoms with E-state index in [0.29, 0.717) is 24.1 Å². The van der Waals surface area contributed by atoms with Crippen LogP contribution in [0.3, 0.4) is 0 Å². The third-order valence-electron chi connectivity index (χ3n) is 7.50. The number of aryl methyl sites for hydroxylation is 1. The Morgan fingerprint density at radius 3 is 2.00 bits per heavy atom. The molecule has 0 radical (unpaired) electrons. The molecule has 0 fully saturated rings. The van der Waals surface area contributed by atoms with Gasteiger partial charge in [0.05, 0.1) is 27.3 Å². The minimum Gasteiger partial charge on any atom is -0.493 e. The number of nitrogens with zero attached hydrogens (tertiary/aromatic N) is 1. The number of unbranched alkanes of at least 4 members (excludes halogenated alkanes) is 9. The fourth-order valence-electron chi connectivity index (χ4n) is 5.27. The van der Waals surface area contributed by atoms with Crippen molar-refractivity contribution in [3.05, 3.63) is 65.7 Å². The molecule has 1 atom stereocenters. The summed E-state index contributed by atoms with van der Waals surface area (Å²) in [5, 5.41) is 0. The molecule has 2 aromatic carbocycles. The maximum Gasteiger partial charge on any atom is 0.364 e. The zero-order chi connectivity index (χ0) is 27.5. The van der Waals surface area contributed by atoms with Crippen LogP contribution in [0.2, 0.25) is 0 Å². The molecule has 38 heavy (non-hydrogen) atoms. The Morgan fingerprint density at radius 2 is 1.34 bits per heavy atom. The number of carbonyl (C=O) groups excluding carboxylic acids is 1. The largest absolute Gasteiger partial charge is 0.493 e. The van der Waals surface area contributed by atoms with Crippen molar-refractivity contribution in [1.29, 1.82) is 0 Å². The van der Waals surface area contributed by atoms with E-state index in [0.717, 1.165) is 25.1 Å². The van der Waals surface area contributed by atoms with E-state index in [2.05, 4.69) is 58.3 Å². The SMILES string of the molecule is CCCCCCCCCCCCc1ccccc1OCCCOC(=O)C(CC)[N+](C)(C)Cc1ccccc1. The van der Waals surface area contributed by atoms with Crippen molar-refractivity contribution in [3.63, 3.8) is 0 Å². The third-order valence-corrected chi connectivity index (χ3v) is 7.50. The number of para-hydroxylation sites is 1. The summed E-state index contributed by atoms with van der Waals surface area (Å²) in [7, 11) is 4.22. The summed E-state index contributed by atoms with van der Waals surface area (Å²) in [6.07, 6.45) is 16.0. The minimum atomic E-state index is -0.182. The van der Waals surface area contributed by atoms with Crippen LogP contribution in [0, 0.1) is 0 Å². The molecule has 0 heterocycles. The maximum absolute atomic E-state index is 12.9. The van der Waals surface area contributed by atoms with E-state index in [1.54, 1.807) is 0 Å². The lowest BCUT2D eigenvalue weighted by Crippen LogP contribution is -2.52. The van der Waals surface area contributed by atoms with E-state index in [1.807, 2.05) is 24.3 Å². The Balaban J connectivity index is 1.65. The van der Waals surface area contributed by atoms with Crippen LogP contribution in [0.1, 0.15) is 102 Å². The van der Waals surface area contributed by atoms with Gasteiger partial charge in [0, 0.05) is 18.4 Å². The normalized spacial score (nSPS) is 12.3. The van der Waals surface area contributed by atoms with E-state index in [1.165, 1.54) is 75.3 Å². The van der Waals surface area contributed by atoms with Crippen molar-refractivity contribution >= 4 is 5.97 Å². The molecule has 0 saturated heterocycles. The van der Waals surface area contributed by atoms with E-state index >= 15 is 0 Å². The van der Waals surface area contributed by atoms with E-state index < -0.39 is 0 Å². The van der Waals surface area contributed by atoms with Gasteiger partial charge in [-0.15, -0.1) is 0 Å². The lowest BCUT2D eigenvalue weighted by atomic mass is 10.0. The zero-order valence-electron chi connectivity index (χ0n) is 24.8. The van der Waals surface area contributed by atoms with E-state index in [4.69, 9.17) is 9.47 Å². The molecule has 0 N–H and O–H groups in total. The van der Waals surface area contributed by atoms with Crippen LogP contribution >= 0.6 is 0 Å². The van der Waals surface area contributed by atoms with Gasteiger partial charge in [-0.05, 0) is 24.5 Å². The molecule has 0 saturated carbocycles. The molecule has 0 aliphatic carbocycles. The van der Waals surface area contributed by atoms with E-state index in [9.17, 15) is 4.79 Å². The van der Waals surface area contributed by atoms with Gasteiger partial charge in [-0.3, -0.25) is 0 Å². The molecule has 4 heteroatoms. The number of quaternary nitrogens is 1. The van der Waals surface area contributed by atoms with E-state index in [-0.39, 0.29) is 12.0 Å². The highest BCUT2D eigenvalue weighted by Crippen LogP contribution is 2.22. The molecule has 0 spiro atoms. The summed E-state index contributed by atoms with van der Waals surface area (Å²) in [5.41, 5.74) is 2.52. The fraction of sp³-hybridized carbons (Fsp3) is 0.618. The fourth-order valence-corrected chi connectivity index (χ4v) is 5.27. The molecule has 0 aliphatic rings. The summed E-state index contributed by atoms with van der Waals surface area (Å²) in [5.74, 6) is 0.858. The number of hydrogen-bond donors (Lipinski definition) is 0. The van der Waals surface area contributed by atoms with Gasteiger partial charge in [-0.1, -0.05) is 120 Å². The summed E-state index contributed by atoms with van der Waals surface area (Å²) < 4.78 is 12.4. The van der Waals surface area contributed by atoms with Crippen LogP contribution < -0.4 is 4.74 Å². The van der Waals surface area contributed by atoms with Crippen molar-refractivity contribution < 1.29 is 18.8 Å². The van der Waals surface area contributed by atoms with Crippen LogP contribution in [-0.4, -0.2) is 43.8 Å². The van der Waals surface area contributed by atoms with Crippen LogP contribution in [0.4, 0.5) is 0 Å². The lowest BCUT2D eigenvalue weighted by Gasteiger charge is -2.36. The number of rotatable bonds is 21. The number of likely N-dealkylation sites (N-methyl/N-ethyl adjacent to an activating group) is 1. The van der Waals surface area contributed by atoms with Crippen LogP contribution in [0.5, 0.6) is 5.75 Å². The topological polar surface area (TPSA) is 35.5 Å². The van der Waals surface area contributed by atoms with Crippen molar-refractivity contribution in [2.75, 3.05) is 27.3 Å².